The molecular weight excluding hydrogens is 390 g/mol. The lowest BCUT2D eigenvalue weighted by Gasteiger charge is -2.36. The van der Waals surface area contributed by atoms with Crippen molar-refractivity contribution in [2.75, 3.05) is 31.1 Å². The van der Waals surface area contributed by atoms with E-state index in [0.29, 0.717) is 31.2 Å². The van der Waals surface area contributed by atoms with Crippen molar-refractivity contribution >= 4 is 29.2 Å². The van der Waals surface area contributed by atoms with Crippen LogP contribution in [0.4, 0.5) is 10.6 Å². The van der Waals surface area contributed by atoms with Gasteiger partial charge < -0.3 is 14.5 Å². The van der Waals surface area contributed by atoms with Gasteiger partial charge in [-0.15, -0.1) is 5.10 Å². The van der Waals surface area contributed by atoms with Gasteiger partial charge in [0.05, 0.1) is 11.9 Å². The van der Waals surface area contributed by atoms with Gasteiger partial charge in [-0.3, -0.25) is 0 Å². The fourth-order valence-corrected chi connectivity index (χ4v) is 3.51. The molecule has 0 unspecified atom stereocenters. The molecule has 1 aliphatic rings. The summed E-state index contributed by atoms with van der Waals surface area (Å²) in [6.07, 6.45) is 1.54. The number of carbonyl (C=O) groups is 1. The van der Waals surface area contributed by atoms with Crippen LogP contribution in [0.5, 0.6) is 0 Å². The minimum absolute atomic E-state index is 0.265. The lowest BCUT2D eigenvalue weighted by molar-refractivity contribution is 0.0240. The van der Waals surface area contributed by atoms with E-state index in [4.69, 9.17) is 21.4 Å². The number of halogens is 1. The highest BCUT2D eigenvalue weighted by molar-refractivity contribution is 6.30. The molecule has 0 radical (unpaired) electrons. The second-order valence-electron chi connectivity index (χ2n) is 8.07. The fourth-order valence-electron chi connectivity index (χ4n) is 3.32. The van der Waals surface area contributed by atoms with Gasteiger partial charge in [-0.2, -0.15) is 0 Å². The van der Waals surface area contributed by atoms with Crippen molar-refractivity contribution in [3.8, 4) is 11.3 Å². The minimum atomic E-state index is -0.487. The Balaban J connectivity index is 1.52. The van der Waals surface area contributed by atoms with E-state index in [-0.39, 0.29) is 6.09 Å². The second-order valence-corrected chi connectivity index (χ2v) is 8.51. The van der Waals surface area contributed by atoms with Crippen molar-refractivity contribution in [3.05, 3.63) is 47.6 Å². The first-order valence-corrected chi connectivity index (χ1v) is 10.0. The van der Waals surface area contributed by atoms with E-state index in [0.717, 1.165) is 22.7 Å². The van der Waals surface area contributed by atoms with Gasteiger partial charge in [-0.1, -0.05) is 23.7 Å². The number of fused-ring (bicyclic) bond motifs is 1. The average molecular weight is 414 g/mol. The molecule has 29 heavy (non-hydrogen) atoms. The summed E-state index contributed by atoms with van der Waals surface area (Å²) in [6.45, 7) is 8.21. The maximum absolute atomic E-state index is 12.3. The number of hydrogen-bond donors (Lipinski definition) is 0. The third-order valence-electron chi connectivity index (χ3n) is 4.72. The molecule has 0 atom stereocenters. The Kier molecular flexibility index (Phi) is 5.08. The molecule has 0 bridgehead atoms. The zero-order chi connectivity index (χ0) is 20.6. The van der Waals surface area contributed by atoms with Crippen LogP contribution in [0, 0.1) is 0 Å². The van der Waals surface area contributed by atoms with Gasteiger partial charge in [0.2, 0.25) is 0 Å². The van der Waals surface area contributed by atoms with Crippen LogP contribution in [0.15, 0.2) is 42.6 Å². The van der Waals surface area contributed by atoms with Crippen molar-refractivity contribution in [1.29, 1.82) is 0 Å². The van der Waals surface area contributed by atoms with Crippen molar-refractivity contribution in [2.24, 2.45) is 0 Å². The maximum Gasteiger partial charge on any atom is 0.410 e. The minimum Gasteiger partial charge on any atom is -0.444 e. The van der Waals surface area contributed by atoms with E-state index in [1.807, 2.05) is 61.7 Å². The summed E-state index contributed by atoms with van der Waals surface area (Å²) in [5.74, 6) is 0.850. The van der Waals surface area contributed by atoms with Gasteiger partial charge in [0, 0.05) is 36.8 Å². The molecule has 8 heteroatoms. The van der Waals surface area contributed by atoms with Gasteiger partial charge in [0.15, 0.2) is 5.65 Å². The Morgan fingerprint density at radius 2 is 1.86 bits per heavy atom. The molecule has 1 aromatic carbocycles. The van der Waals surface area contributed by atoms with E-state index in [9.17, 15) is 4.79 Å². The summed E-state index contributed by atoms with van der Waals surface area (Å²) in [6, 6.07) is 11.6. The standard InChI is InChI=1S/C21H24ClN5O2/c1-21(2,3)29-20(28)26-11-9-25(10-12-26)19-8-7-18-23-14-17(27(18)24-19)15-5-4-6-16(22)13-15/h4-8,13-14H,9-12H2,1-3H3. The fraction of sp³-hybridized carbons (Fsp3) is 0.381. The Morgan fingerprint density at radius 1 is 1.10 bits per heavy atom. The number of carbonyl (C=O) groups excluding carboxylic acids is 1. The Morgan fingerprint density at radius 3 is 2.55 bits per heavy atom. The predicted octanol–water partition coefficient (Wildman–Crippen LogP) is 4.11. The Labute approximate surface area is 174 Å². The van der Waals surface area contributed by atoms with Crippen molar-refractivity contribution in [1.82, 2.24) is 19.5 Å². The summed E-state index contributed by atoms with van der Waals surface area (Å²) in [5, 5.41) is 5.47. The van der Waals surface area contributed by atoms with Crippen LogP contribution < -0.4 is 4.90 Å². The molecular formula is C21H24ClN5O2. The molecule has 0 N–H and O–H groups in total. The van der Waals surface area contributed by atoms with Gasteiger partial charge in [-0.05, 0) is 45.0 Å². The van der Waals surface area contributed by atoms with Crippen LogP contribution >= 0.6 is 11.6 Å². The first-order valence-electron chi connectivity index (χ1n) is 9.64. The number of imidazole rings is 1. The highest BCUT2D eigenvalue weighted by atomic mass is 35.5. The van der Waals surface area contributed by atoms with Crippen LogP contribution in [0.2, 0.25) is 5.02 Å². The van der Waals surface area contributed by atoms with Gasteiger partial charge >= 0.3 is 6.09 Å². The molecule has 3 aromatic rings. The summed E-state index contributed by atoms with van der Waals surface area (Å²) in [4.78, 5) is 20.6. The highest BCUT2D eigenvalue weighted by Crippen LogP contribution is 2.24. The van der Waals surface area contributed by atoms with E-state index < -0.39 is 5.60 Å². The third-order valence-corrected chi connectivity index (χ3v) is 4.96. The Bertz CT molecular complexity index is 1030. The van der Waals surface area contributed by atoms with Gasteiger partial charge in [0.1, 0.15) is 11.4 Å². The summed E-state index contributed by atoms with van der Waals surface area (Å²) >= 11 is 6.14. The molecule has 1 saturated heterocycles. The molecule has 0 saturated carbocycles. The molecule has 0 aliphatic carbocycles. The number of rotatable bonds is 2. The maximum atomic E-state index is 12.3. The topological polar surface area (TPSA) is 63.0 Å². The van der Waals surface area contributed by atoms with Crippen LogP contribution in [0.1, 0.15) is 20.8 Å². The van der Waals surface area contributed by atoms with Gasteiger partial charge in [-0.25, -0.2) is 14.3 Å². The monoisotopic (exact) mass is 413 g/mol. The summed E-state index contributed by atoms with van der Waals surface area (Å²) in [5.41, 5.74) is 2.14. The summed E-state index contributed by atoms with van der Waals surface area (Å²) < 4.78 is 7.30. The van der Waals surface area contributed by atoms with Gasteiger partial charge in [0.25, 0.3) is 0 Å². The number of anilines is 1. The largest absolute Gasteiger partial charge is 0.444 e. The number of nitrogens with zero attached hydrogens (tertiary/aromatic N) is 5. The SMILES string of the molecule is CC(C)(C)OC(=O)N1CCN(c2ccc3ncc(-c4cccc(Cl)c4)n3n2)CC1. The second kappa shape index (κ2) is 7.55. The normalized spacial score (nSPS) is 15.0. The lowest BCUT2D eigenvalue weighted by Crippen LogP contribution is -2.50. The zero-order valence-electron chi connectivity index (χ0n) is 16.8. The van der Waals surface area contributed by atoms with Crippen LogP contribution in [-0.2, 0) is 4.74 Å². The van der Waals surface area contributed by atoms with Crippen molar-refractivity contribution < 1.29 is 9.53 Å². The van der Waals surface area contributed by atoms with E-state index in [2.05, 4.69) is 9.88 Å². The molecule has 152 valence electrons. The van der Waals surface area contributed by atoms with Crippen LogP contribution in [-0.4, -0.2) is 57.4 Å². The lowest BCUT2D eigenvalue weighted by atomic mass is 10.2. The zero-order valence-corrected chi connectivity index (χ0v) is 17.6. The number of ether oxygens (including phenoxy) is 1. The van der Waals surface area contributed by atoms with Crippen molar-refractivity contribution in [2.45, 2.75) is 26.4 Å². The molecule has 4 rings (SSSR count). The van der Waals surface area contributed by atoms with E-state index >= 15 is 0 Å². The van der Waals surface area contributed by atoms with Crippen LogP contribution in [0.25, 0.3) is 16.9 Å². The number of benzene rings is 1. The first-order chi connectivity index (χ1) is 13.8. The molecule has 1 aliphatic heterocycles. The average Bonchev–Trinajstić information content (AvgIpc) is 3.10. The Hall–Kier alpha value is -2.80. The highest BCUT2D eigenvalue weighted by Gasteiger charge is 2.26. The molecule has 1 amide bonds. The number of aromatic nitrogens is 3. The molecule has 0 spiro atoms. The smallest absolute Gasteiger partial charge is 0.410 e. The molecule has 1 fully saturated rings. The number of amides is 1. The summed E-state index contributed by atoms with van der Waals surface area (Å²) in [7, 11) is 0. The first kappa shape index (κ1) is 19.5. The molecule has 2 aromatic heterocycles. The molecule has 3 heterocycles. The van der Waals surface area contributed by atoms with Crippen molar-refractivity contribution in [3.63, 3.8) is 0 Å². The van der Waals surface area contributed by atoms with Crippen LogP contribution in [0.3, 0.4) is 0 Å². The van der Waals surface area contributed by atoms with E-state index in [1.165, 1.54) is 0 Å². The van der Waals surface area contributed by atoms with E-state index in [1.54, 1.807) is 11.1 Å². The number of piperazine rings is 1. The molecule has 7 nitrogen and oxygen atoms in total. The quantitative estimate of drug-likeness (QED) is 0.632. The number of hydrogen-bond acceptors (Lipinski definition) is 5. The predicted molar refractivity (Wildman–Crippen MR) is 113 cm³/mol. The third kappa shape index (κ3) is 4.29.